The Morgan fingerprint density at radius 3 is 2.72 bits per heavy atom. The first kappa shape index (κ1) is 28.0. The fourth-order valence-electron chi connectivity index (χ4n) is 4.66. The normalized spacial score (nSPS) is 19.2. The maximum atomic E-state index is 12.7. The Morgan fingerprint density at radius 2 is 2.00 bits per heavy atom. The number of carbonyl (C=O) groups is 3. The molecule has 2 aliphatic heterocycles. The van der Waals surface area contributed by atoms with E-state index < -0.39 is 17.4 Å². The van der Waals surface area contributed by atoms with Crippen molar-refractivity contribution < 1.29 is 23.9 Å². The third kappa shape index (κ3) is 7.95. The maximum absolute atomic E-state index is 12.7. The van der Waals surface area contributed by atoms with E-state index in [2.05, 4.69) is 27.1 Å². The molecule has 0 saturated carbocycles. The SMILES string of the molecule is [B]C(CNC(=O)[C@@H]1CCCN(CCCc2ccc3c(n2)N(C(=O)OC(C)(C)C)CCC3)C1)C(=O)OC. The first-order valence-corrected chi connectivity index (χ1v) is 12.9. The lowest BCUT2D eigenvalue weighted by Crippen LogP contribution is -2.44. The summed E-state index contributed by atoms with van der Waals surface area (Å²) in [7, 11) is 6.99. The van der Waals surface area contributed by atoms with Crippen LogP contribution in [0, 0.1) is 5.92 Å². The van der Waals surface area contributed by atoms with Crippen molar-refractivity contribution in [3.8, 4) is 0 Å². The highest BCUT2D eigenvalue weighted by Gasteiger charge is 2.29. The Bertz CT molecular complexity index is 935. The maximum Gasteiger partial charge on any atom is 0.416 e. The number of piperidine rings is 1. The summed E-state index contributed by atoms with van der Waals surface area (Å²) in [4.78, 5) is 45.5. The molecule has 2 amide bonds. The largest absolute Gasteiger partial charge is 0.469 e. The van der Waals surface area contributed by atoms with E-state index in [-0.39, 0.29) is 24.5 Å². The molecule has 2 atom stereocenters. The van der Waals surface area contributed by atoms with Crippen molar-refractivity contribution >= 4 is 31.6 Å². The number of esters is 1. The minimum atomic E-state index is -0.853. The van der Waals surface area contributed by atoms with Crippen LogP contribution in [0.5, 0.6) is 0 Å². The molecule has 1 aromatic rings. The molecule has 3 heterocycles. The molecule has 36 heavy (non-hydrogen) atoms. The number of methoxy groups -OCH3 is 1. The standard InChI is InChI=1S/C26H39BN4O5/c1-26(2,3)36-25(34)31-15-6-8-18-11-12-20(29-22(18)31)10-7-14-30-13-5-9-19(17-30)23(32)28-16-21(27)24(33)35-4/h11-12,19,21H,5-10,13-17H2,1-4H3,(H,28,32)/t19-,21?/m1/s1. The highest BCUT2D eigenvalue weighted by molar-refractivity contribution is 6.22. The summed E-state index contributed by atoms with van der Waals surface area (Å²) >= 11 is 0. The molecule has 1 aromatic heterocycles. The van der Waals surface area contributed by atoms with E-state index in [0.717, 1.165) is 62.9 Å². The number of nitrogens with one attached hydrogen (secondary N) is 1. The Hall–Kier alpha value is -2.62. The van der Waals surface area contributed by atoms with Gasteiger partial charge in [0.2, 0.25) is 5.91 Å². The lowest BCUT2D eigenvalue weighted by atomic mass is 9.87. The number of ether oxygens (including phenoxy) is 2. The highest BCUT2D eigenvalue weighted by atomic mass is 16.6. The predicted octanol–water partition coefficient (Wildman–Crippen LogP) is 2.66. The van der Waals surface area contributed by atoms with Crippen LogP contribution in [0.1, 0.15) is 57.7 Å². The number of fused-ring (bicyclic) bond motifs is 1. The average Bonchev–Trinajstić information content (AvgIpc) is 2.85. The molecule has 3 rings (SSSR count). The van der Waals surface area contributed by atoms with Gasteiger partial charge in [-0.15, -0.1) is 0 Å². The lowest BCUT2D eigenvalue weighted by Gasteiger charge is -2.32. The summed E-state index contributed by atoms with van der Waals surface area (Å²) in [6, 6.07) is 4.13. The van der Waals surface area contributed by atoms with Gasteiger partial charge in [0, 0.05) is 31.1 Å². The Kier molecular flexibility index (Phi) is 9.76. The van der Waals surface area contributed by atoms with Gasteiger partial charge in [0.15, 0.2) is 0 Å². The lowest BCUT2D eigenvalue weighted by molar-refractivity contribution is -0.140. The number of carbonyl (C=O) groups excluding carboxylic acids is 3. The molecule has 1 fully saturated rings. The van der Waals surface area contributed by atoms with Gasteiger partial charge < -0.3 is 19.7 Å². The molecule has 1 saturated heterocycles. The zero-order chi connectivity index (χ0) is 26.3. The van der Waals surface area contributed by atoms with Crippen LogP contribution in [-0.2, 0) is 31.9 Å². The van der Waals surface area contributed by atoms with E-state index in [4.69, 9.17) is 17.6 Å². The molecular weight excluding hydrogens is 459 g/mol. The van der Waals surface area contributed by atoms with Gasteiger partial charge in [-0.3, -0.25) is 14.5 Å². The van der Waals surface area contributed by atoms with Gasteiger partial charge in [-0.05, 0) is 84.0 Å². The average molecular weight is 498 g/mol. The Labute approximate surface area is 215 Å². The monoisotopic (exact) mass is 498 g/mol. The third-order valence-electron chi connectivity index (χ3n) is 6.49. The molecule has 9 nitrogen and oxygen atoms in total. The van der Waals surface area contributed by atoms with Gasteiger partial charge in [-0.25, -0.2) is 9.78 Å². The van der Waals surface area contributed by atoms with Gasteiger partial charge in [0.1, 0.15) is 11.4 Å². The van der Waals surface area contributed by atoms with Gasteiger partial charge in [0.25, 0.3) is 0 Å². The number of hydrogen-bond donors (Lipinski definition) is 1. The molecule has 0 spiro atoms. The van der Waals surface area contributed by atoms with E-state index >= 15 is 0 Å². The number of anilines is 1. The van der Waals surface area contributed by atoms with Crippen molar-refractivity contribution in [3.05, 3.63) is 23.4 Å². The second kappa shape index (κ2) is 12.6. The summed E-state index contributed by atoms with van der Waals surface area (Å²) in [6.45, 7) is 8.79. The summed E-state index contributed by atoms with van der Waals surface area (Å²) in [5.41, 5.74) is 1.48. The second-order valence-electron chi connectivity index (χ2n) is 10.6. The first-order valence-electron chi connectivity index (χ1n) is 12.9. The Balaban J connectivity index is 1.50. The molecular formula is C26H39BN4O5. The van der Waals surface area contributed by atoms with Crippen molar-refractivity contribution in [2.75, 3.05) is 44.7 Å². The van der Waals surface area contributed by atoms with E-state index in [1.807, 2.05) is 20.8 Å². The fraction of sp³-hybridized carbons (Fsp3) is 0.692. The number of rotatable bonds is 8. The number of aryl methyl sites for hydroxylation is 2. The van der Waals surface area contributed by atoms with Crippen LogP contribution in [0.15, 0.2) is 12.1 Å². The van der Waals surface area contributed by atoms with Crippen LogP contribution in [0.3, 0.4) is 0 Å². The van der Waals surface area contributed by atoms with E-state index in [1.165, 1.54) is 7.11 Å². The van der Waals surface area contributed by atoms with Gasteiger partial charge in [-0.2, -0.15) is 0 Å². The summed E-state index contributed by atoms with van der Waals surface area (Å²) in [6.07, 6.45) is 4.91. The number of aromatic nitrogens is 1. The molecule has 10 heteroatoms. The Morgan fingerprint density at radius 1 is 1.22 bits per heavy atom. The van der Waals surface area contributed by atoms with Crippen molar-refractivity contribution in [1.82, 2.24) is 15.2 Å². The summed E-state index contributed by atoms with van der Waals surface area (Å²) in [5, 5.41) is 2.78. The fourth-order valence-corrected chi connectivity index (χ4v) is 4.66. The third-order valence-corrected chi connectivity index (χ3v) is 6.49. The van der Waals surface area contributed by atoms with E-state index in [0.29, 0.717) is 18.9 Å². The van der Waals surface area contributed by atoms with Crippen LogP contribution < -0.4 is 10.2 Å². The zero-order valence-electron chi connectivity index (χ0n) is 22.0. The molecule has 0 aromatic carbocycles. The molecule has 2 aliphatic rings. The molecule has 0 aliphatic carbocycles. The topological polar surface area (TPSA) is 101 Å². The molecule has 0 bridgehead atoms. The number of nitrogens with zero attached hydrogens (tertiary/aromatic N) is 3. The number of pyridine rings is 1. The van der Waals surface area contributed by atoms with Crippen LogP contribution in [0.25, 0.3) is 0 Å². The van der Waals surface area contributed by atoms with E-state index in [1.54, 1.807) is 4.90 Å². The van der Waals surface area contributed by atoms with Gasteiger partial charge in [-0.1, -0.05) is 6.07 Å². The van der Waals surface area contributed by atoms with E-state index in [9.17, 15) is 14.4 Å². The van der Waals surface area contributed by atoms with Crippen LogP contribution in [0.2, 0.25) is 5.82 Å². The molecule has 1 N–H and O–H groups in total. The number of amides is 2. The van der Waals surface area contributed by atoms with Crippen molar-refractivity contribution in [2.45, 2.75) is 70.7 Å². The van der Waals surface area contributed by atoms with Gasteiger partial charge >= 0.3 is 12.1 Å². The zero-order valence-corrected chi connectivity index (χ0v) is 22.0. The van der Waals surface area contributed by atoms with Crippen LogP contribution in [-0.4, -0.2) is 81.1 Å². The van der Waals surface area contributed by atoms with Gasteiger partial charge in [0.05, 0.1) is 20.9 Å². The van der Waals surface area contributed by atoms with Crippen molar-refractivity contribution in [3.63, 3.8) is 0 Å². The summed E-state index contributed by atoms with van der Waals surface area (Å²) < 4.78 is 10.2. The first-order chi connectivity index (χ1) is 17.1. The second-order valence-corrected chi connectivity index (χ2v) is 10.6. The summed E-state index contributed by atoms with van der Waals surface area (Å²) in [5.74, 6) is -0.863. The minimum absolute atomic E-state index is 0.0716. The van der Waals surface area contributed by atoms with Crippen molar-refractivity contribution in [1.29, 1.82) is 0 Å². The number of hydrogen-bond acceptors (Lipinski definition) is 7. The van der Waals surface area contributed by atoms with Crippen molar-refractivity contribution in [2.24, 2.45) is 5.92 Å². The molecule has 2 radical (unpaired) electrons. The minimum Gasteiger partial charge on any atom is -0.469 e. The molecule has 196 valence electrons. The van der Waals surface area contributed by atoms with Crippen LogP contribution in [0.4, 0.5) is 10.6 Å². The smallest absolute Gasteiger partial charge is 0.416 e. The predicted molar refractivity (Wildman–Crippen MR) is 138 cm³/mol. The highest BCUT2D eigenvalue weighted by Crippen LogP contribution is 2.27. The van der Waals surface area contributed by atoms with Crippen LogP contribution >= 0.6 is 0 Å². The number of likely N-dealkylation sites (tertiary alicyclic amines) is 1. The quantitative estimate of drug-likeness (QED) is 0.435. The molecule has 1 unspecified atom stereocenters.